The van der Waals surface area contributed by atoms with E-state index in [1.165, 1.54) is 7.05 Å². The Bertz CT molecular complexity index is 263. The normalized spacial score (nSPS) is 11.1. The number of carbonyl (C=O) groups is 1. The quantitative estimate of drug-likeness (QED) is 0.607. The van der Waals surface area contributed by atoms with Gasteiger partial charge in [-0.15, -0.1) is 0 Å². The molecule has 1 heterocycles. The van der Waals surface area contributed by atoms with Crippen molar-refractivity contribution in [3.8, 4) is 0 Å². The number of hydrogen-bond acceptors (Lipinski definition) is 4. The number of rotatable bonds is 3. The molecule has 0 radical (unpaired) electrons. The van der Waals surface area contributed by atoms with Gasteiger partial charge in [-0.05, 0) is 18.7 Å². The number of carbonyl (C=O) groups excluding carboxylic acids is 1. The number of pyridine rings is 1. The largest absolute Gasteiger partial charge is 0.370 e. The van der Waals surface area contributed by atoms with Crippen molar-refractivity contribution in [1.82, 2.24) is 4.98 Å². The fraction of sp³-hybridized carbons (Fsp3) is 0.333. The molecule has 1 atom stereocenters. The van der Waals surface area contributed by atoms with Crippen molar-refractivity contribution in [3.63, 3.8) is 0 Å². The van der Waals surface area contributed by atoms with Crippen LogP contribution in [-0.2, 0) is 4.79 Å². The van der Waals surface area contributed by atoms with Gasteiger partial charge >= 0.3 is 0 Å². The summed E-state index contributed by atoms with van der Waals surface area (Å²) < 4.78 is 0. The lowest BCUT2D eigenvalue weighted by Gasteiger charge is -2.07. The third-order valence-electron chi connectivity index (χ3n) is 1.53. The van der Waals surface area contributed by atoms with Crippen LogP contribution in [0.2, 0.25) is 0 Å². The number of hydrogen-bond donors (Lipinski definition) is 3. The number of primary amides is 1. The van der Waals surface area contributed by atoms with Gasteiger partial charge in [-0.3, -0.25) is 9.78 Å². The minimum absolute atomic E-state index is 0.158. The molecule has 0 fully saturated rings. The van der Waals surface area contributed by atoms with E-state index in [1.807, 2.05) is 6.07 Å². The lowest BCUT2D eigenvalue weighted by atomic mass is 10.1. The molecule has 14 heavy (non-hydrogen) atoms. The van der Waals surface area contributed by atoms with Gasteiger partial charge in [0.1, 0.15) is 0 Å². The summed E-state index contributed by atoms with van der Waals surface area (Å²) in [5.74, 6) is -0.397. The maximum atomic E-state index is 10.5. The molecule has 0 aliphatic heterocycles. The number of aromatic nitrogens is 1. The average molecular weight is 196 g/mol. The van der Waals surface area contributed by atoms with Crippen molar-refractivity contribution in [2.24, 2.45) is 17.2 Å². The molecule has 0 spiro atoms. The van der Waals surface area contributed by atoms with Gasteiger partial charge < -0.3 is 17.2 Å². The van der Waals surface area contributed by atoms with Gasteiger partial charge in [-0.1, -0.05) is 6.07 Å². The van der Waals surface area contributed by atoms with E-state index in [9.17, 15) is 4.79 Å². The first-order valence-electron chi connectivity index (χ1n) is 4.21. The minimum Gasteiger partial charge on any atom is -0.370 e. The summed E-state index contributed by atoms with van der Waals surface area (Å²) >= 11 is 0. The van der Waals surface area contributed by atoms with E-state index >= 15 is 0 Å². The van der Waals surface area contributed by atoms with Crippen molar-refractivity contribution >= 4 is 5.91 Å². The van der Waals surface area contributed by atoms with E-state index in [0.29, 0.717) is 0 Å². The smallest absolute Gasteiger partial charge is 0.219 e. The topological polar surface area (TPSA) is 108 Å². The Balaban J connectivity index is 0.000000791. The third-order valence-corrected chi connectivity index (χ3v) is 1.53. The first kappa shape index (κ1) is 12.5. The summed E-state index contributed by atoms with van der Waals surface area (Å²) in [6.07, 6.45) is 3.44. The van der Waals surface area contributed by atoms with Crippen molar-refractivity contribution in [1.29, 1.82) is 0 Å². The maximum Gasteiger partial charge on any atom is 0.219 e. The Morgan fingerprint density at radius 2 is 2.21 bits per heavy atom. The molecule has 1 amide bonds. The summed E-state index contributed by atoms with van der Waals surface area (Å²) in [4.78, 5) is 14.4. The van der Waals surface area contributed by atoms with Crippen LogP contribution >= 0.6 is 0 Å². The van der Waals surface area contributed by atoms with Crippen LogP contribution in [0, 0.1) is 0 Å². The van der Waals surface area contributed by atoms with Crippen LogP contribution in [0.4, 0.5) is 0 Å². The Labute approximate surface area is 83.3 Å². The molecule has 0 bridgehead atoms. The summed E-state index contributed by atoms with van der Waals surface area (Å²) in [6, 6.07) is 3.26. The molecule has 1 rings (SSSR count). The predicted molar refractivity (Wildman–Crippen MR) is 55.1 cm³/mol. The molecule has 0 saturated heterocycles. The molecule has 1 aromatic heterocycles. The van der Waals surface area contributed by atoms with Crippen LogP contribution in [0.15, 0.2) is 24.5 Å². The van der Waals surface area contributed by atoms with E-state index < -0.39 is 5.91 Å². The van der Waals surface area contributed by atoms with Crippen molar-refractivity contribution in [2.45, 2.75) is 12.5 Å². The zero-order chi connectivity index (χ0) is 11.0. The first-order chi connectivity index (χ1) is 6.70. The molecule has 5 heteroatoms. The van der Waals surface area contributed by atoms with Crippen molar-refractivity contribution in [2.75, 3.05) is 7.05 Å². The van der Waals surface area contributed by atoms with E-state index in [-0.39, 0.29) is 12.5 Å². The van der Waals surface area contributed by atoms with Gasteiger partial charge in [-0.25, -0.2) is 0 Å². The highest BCUT2D eigenvalue weighted by atomic mass is 16.1. The Hall–Kier alpha value is -1.46. The zero-order valence-electron chi connectivity index (χ0n) is 8.18. The molecule has 5 nitrogen and oxygen atoms in total. The van der Waals surface area contributed by atoms with Crippen LogP contribution in [0.1, 0.15) is 18.0 Å². The molecular formula is C9H16N4O. The summed E-state index contributed by atoms with van der Waals surface area (Å²) in [6.45, 7) is 0. The van der Waals surface area contributed by atoms with Gasteiger partial charge in [0.2, 0.25) is 5.91 Å². The maximum absolute atomic E-state index is 10.5. The highest BCUT2D eigenvalue weighted by Crippen LogP contribution is 2.10. The van der Waals surface area contributed by atoms with E-state index in [1.54, 1.807) is 18.5 Å². The zero-order valence-corrected chi connectivity index (χ0v) is 8.18. The highest BCUT2D eigenvalue weighted by molar-refractivity contribution is 5.74. The highest BCUT2D eigenvalue weighted by Gasteiger charge is 2.07. The second kappa shape index (κ2) is 6.99. The van der Waals surface area contributed by atoms with Crippen LogP contribution in [0.25, 0.3) is 0 Å². The molecular weight excluding hydrogens is 180 g/mol. The average Bonchev–Trinajstić information content (AvgIpc) is 2.21. The molecule has 1 unspecified atom stereocenters. The number of nitrogens with two attached hydrogens (primary N) is 3. The lowest BCUT2D eigenvalue weighted by molar-refractivity contribution is -0.118. The summed E-state index contributed by atoms with van der Waals surface area (Å²) in [5.41, 5.74) is 16.0. The SMILES string of the molecule is CN.NC(=O)CC(N)c1cccnc1. The molecule has 0 aliphatic carbocycles. The van der Waals surface area contributed by atoms with E-state index in [2.05, 4.69) is 10.7 Å². The van der Waals surface area contributed by atoms with Crippen LogP contribution in [0.5, 0.6) is 0 Å². The van der Waals surface area contributed by atoms with Crippen LogP contribution < -0.4 is 17.2 Å². The fourth-order valence-electron chi connectivity index (χ4n) is 0.930. The monoisotopic (exact) mass is 196 g/mol. The Morgan fingerprint density at radius 1 is 1.57 bits per heavy atom. The van der Waals surface area contributed by atoms with Gasteiger partial charge in [0, 0.05) is 24.9 Å². The molecule has 0 saturated carbocycles. The van der Waals surface area contributed by atoms with Gasteiger partial charge in [0.15, 0.2) is 0 Å². The standard InChI is InChI=1S/C8H11N3O.CH5N/c9-7(4-8(10)12)6-2-1-3-11-5-6;1-2/h1-3,5,7H,4,9H2,(H2,10,12);2H2,1H3. The fourth-order valence-corrected chi connectivity index (χ4v) is 0.930. The Kier molecular flexibility index (Phi) is 6.26. The number of amides is 1. The van der Waals surface area contributed by atoms with Gasteiger partial charge in [-0.2, -0.15) is 0 Å². The van der Waals surface area contributed by atoms with E-state index in [0.717, 1.165) is 5.56 Å². The molecule has 78 valence electrons. The van der Waals surface area contributed by atoms with Crippen molar-refractivity contribution in [3.05, 3.63) is 30.1 Å². The second-order valence-electron chi connectivity index (χ2n) is 2.56. The van der Waals surface area contributed by atoms with Crippen LogP contribution in [-0.4, -0.2) is 17.9 Å². The lowest BCUT2D eigenvalue weighted by Crippen LogP contribution is -2.20. The summed E-state index contributed by atoms with van der Waals surface area (Å²) in [7, 11) is 1.50. The second-order valence-corrected chi connectivity index (χ2v) is 2.56. The first-order valence-corrected chi connectivity index (χ1v) is 4.21. The van der Waals surface area contributed by atoms with Gasteiger partial charge in [0.05, 0.1) is 0 Å². The molecule has 6 N–H and O–H groups in total. The van der Waals surface area contributed by atoms with E-state index in [4.69, 9.17) is 11.5 Å². The van der Waals surface area contributed by atoms with Gasteiger partial charge in [0.25, 0.3) is 0 Å². The Morgan fingerprint density at radius 3 is 2.64 bits per heavy atom. The van der Waals surface area contributed by atoms with Crippen LogP contribution in [0.3, 0.4) is 0 Å². The molecule has 1 aromatic rings. The molecule has 0 aromatic carbocycles. The predicted octanol–water partition coefficient (Wildman–Crippen LogP) is -0.468. The summed E-state index contributed by atoms with van der Waals surface area (Å²) in [5, 5.41) is 0. The third kappa shape index (κ3) is 4.54. The van der Waals surface area contributed by atoms with Crippen molar-refractivity contribution < 1.29 is 4.79 Å². The number of nitrogens with zero attached hydrogens (tertiary/aromatic N) is 1. The minimum atomic E-state index is -0.397. The molecule has 0 aliphatic rings.